The van der Waals surface area contributed by atoms with Crippen LogP contribution in [0.5, 0.6) is 5.75 Å². The van der Waals surface area contributed by atoms with Crippen LogP contribution in [0.2, 0.25) is 0 Å². The van der Waals surface area contributed by atoms with Gasteiger partial charge in [-0.3, -0.25) is 9.78 Å². The minimum absolute atomic E-state index is 0.0219. The molecule has 0 bridgehead atoms. The van der Waals surface area contributed by atoms with E-state index in [9.17, 15) is 18.8 Å². The van der Waals surface area contributed by atoms with Gasteiger partial charge in [-0.2, -0.15) is 14.0 Å². The first-order chi connectivity index (χ1) is 21.7. The Morgan fingerprint density at radius 1 is 1.20 bits per heavy atom. The number of halogens is 4. The fraction of sp³-hybridized carbons (Fsp3) is 0.242. The van der Waals surface area contributed by atoms with E-state index in [2.05, 4.69) is 33.1 Å². The van der Waals surface area contributed by atoms with Gasteiger partial charge < -0.3 is 19.8 Å². The largest absolute Gasteiger partial charge is 0.428 e. The Morgan fingerprint density at radius 3 is 2.52 bits per heavy atom. The van der Waals surface area contributed by atoms with Crippen LogP contribution in [-0.4, -0.2) is 33.2 Å². The lowest BCUT2D eigenvalue weighted by Gasteiger charge is -2.26. The van der Waals surface area contributed by atoms with Crippen molar-refractivity contribution in [1.29, 1.82) is 5.26 Å². The summed E-state index contributed by atoms with van der Waals surface area (Å²) in [6.07, 6.45) is -1.50. The third-order valence-electron chi connectivity index (χ3n) is 7.54. The van der Waals surface area contributed by atoms with E-state index in [1.54, 1.807) is 38.1 Å². The van der Waals surface area contributed by atoms with Crippen molar-refractivity contribution in [1.82, 2.24) is 15.2 Å². The predicted octanol–water partition coefficient (Wildman–Crippen LogP) is 6.51. The number of aromatic nitrogens is 3. The van der Waals surface area contributed by atoms with Crippen molar-refractivity contribution in [3.05, 3.63) is 103 Å². The Bertz CT molecular complexity index is 1850. The van der Waals surface area contributed by atoms with Crippen LogP contribution in [0.4, 0.5) is 23.2 Å². The lowest BCUT2D eigenvalue weighted by molar-refractivity contribution is -0.131. The van der Waals surface area contributed by atoms with Crippen LogP contribution in [0.25, 0.3) is 22.7 Å². The topological polar surface area (TPSA) is 131 Å². The number of ether oxygens (including phenoxy) is 1. The quantitative estimate of drug-likeness (QED) is 0.163. The Morgan fingerprint density at radius 2 is 1.91 bits per heavy atom. The number of benzene rings is 2. The minimum atomic E-state index is -3.54. The van der Waals surface area contributed by atoms with Gasteiger partial charge in [0.25, 0.3) is 5.89 Å². The van der Waals surface area contributed by atoms with Gasteiger partial charge in [0.1, 0.15) is 17.0 Å². The van der Waals surface area contributed by atoms with E-state index in [-0.39, 0.29) is 40.9 Å². The fourth-order valence-corrected chi connectivity index (χ4v) is 4.88. The summed E-state index contributed by atoms with van der Waals surface area (Å²) in [6, 6.07) is 12.6. The van der Waals surface area contributed by atoms with Gasteiger partial charge in [0, 0.05) is 23.6 Å². The number of alkyl halides is 3. The van der Waals surface area contributed by atoms with Crippen molar-refractivity contribution in [2.75, 3.05) is 4.90 Å². The van der Waals surface area contributed by atoms with Gasteiger partial charge in [-0.15, -0.1) is 10.2 Å². The van der Waals surface area contributed by atoms with Gasteiger partial charge in [-0.05, 0) is 43.7 Å². The highest BCUT2D eigenvalue weighted by molar-refractivity contribution is 5.99. The molecule has 4 aromatic rings. The van der Waals surface area contributed by atoms with Crippen LogP contribution in [0.1, 0.15) is 37.3 Å². The highest BCUT2D eigenvalue weighted by Crippen LogP contribution is 2.44. The molecule has 0 saturated carbocycles. The van der Waals surface area contributed by atoms with Crippen LogP contribution in [0, 0.1) is 17.1 Å². The molecular formula is C33H28F4N6O3. The molecular weight excluding hydrogens is 604 g/mol. The van der Waals surface area contributed by atoms with E-state index in [0.717, 1.165) is 18.3 Å². The number of pyridine rings is 1. The van der Waals surface area contributed by atoms with Crippen molar-refractivity contribution < 1.29 is 31.5 Å². The van der Waals surface area contributed by atoms with Gasteiger partial charge in [0.2, 0.25) is 11.8 Å². The summed E-state index contributed by atoms with van der Waals surface area (Å²) in [6.45, 7) is 9.63. The molecule has 1 aliphatic rings. The second kappa shape index (κ2) is 11.9. The number of amides is 1. The number of rotatable bonds is 9. The van der Waals surface area contributed by atoms with Crippen molar-refractivity contribution >= 4 is 11.6 Å². The molecule has 2 N–H and O–H groups in total. The zero-order valence-corrected chi connectivity index (χ0v) is 24.8. The fourth-order valence-electron chi connectivity index (χ4n) is 4.88. The third-order valence-corrected chi connectivity index (χ3v) is 7.54. The number of hydrogen-bond acceptors (Lipinski definition) is 8. The number of nitriles is 1. The Hall–Kier alpha value is -5.35. The summed E-state index contributed by atoms with van der Waals surface area (Å²) in [5.41, 5.74) is 4.01. The monoisotopic (exact) mass is 632 g/mol. The van der Waals surface area contributed by atoms with Crippen molar-refractivity contribution in [3.8, 4) is 34.5 Å². The molecule has 1 aliphatic heterocycles. The average Bonchev–Trinajstić information content (AvgIpc) is 3.53. The van der Waals surface area contributed by atoms with Crippen LogP contribution >= 0.6 is 0 Å². The smallest absolute Gasteiger partial charge is 0.419 e. The Labute approximate surface area is 261 Å². The van der Waals surface area contributed by atoms with E-state index in [1.165, 1.54) is 23.1 Å². The van der Waals surface area contributed by atoms with E-state index in [1.807, 2.05) is 6.07 Å². The molecule has 0 aliphatic carbocycles. The molecule has 2 atom stereocenters. The average molecular weight is 633 g/mol. The summed E-state index contributed by atoms with van der Waals surface area (Å²) < 4.78 is 68.9. The highest BCUT2D eigenvalue weighted by atomic mass is 19.3. The molecule has 3 heterocycles. The lowest BCUT2D eigenvalue weighted by Crippen LogP contribution is -2.43. The highest BCUT2D eigenvalue weighted by Gasteiger charge is 2.43. The third kappa shape index (κ3) is 6.12. The predicted molar refractivity (Wildman–Crippen MR) is 161 cm³/mol. The molecule has 1 amide bonds. The number of anilines is 1. The molecule has 9 nitrogen and oxygen atoms in total. The Balaban J connectivity index is 1.50. The maximum atomic E-state index is 16.3. The molecule has 0 fully saturated rings. The van der Waals surface area contributed by atoms with E-state index < -0.39 is 41.4 Å². The maximum absolute atomic E-state index is 16.3. The summed E-state index contributed by atoms with van der Waals surface area (Å²) in [5.74, 6) is -1.97. The van der Waals surface area contributed by atoms with E-state index in [4.69, 9.17) is 10.2 Å². The number of fused-ring (bicyclic) bond motifs is 1. The number of carbonyl (C=O) groups excluding carboxylic acids is 1. The number of carbonyl (C=O) groups is 1. The lowest BCUT2D eigenvalue weighted by atomic mass is 9.88. The van der Waals surface area contributed by atoms with Gasteiger partial charge in [-0.25, -0.2) is 8.78 Å². The zero-order chi connectivity index (χ0) is 33.4. The van der Waals surface area contributed by atoms with Gasteiger partial charge in [0.15, 0.2) is 5.67 Å². The van der Waals surface area contributed by atoms with Crippen LogP contribution < -0.4 is 15.4 Å². The molecule has 46 heavy (non-hydrogen) atoms. The van der Waals surface area contributed by atoms with Gasteiger partial charge >= 0.3 is 6.11 Å². The first-order valence-electron chi connectivity index (χ1n) is 13.9. The minimum Gasteiger partial charge on any atom is -0.428 e. The summed E-state index contributed by atoms with van der Waals surface area (Å²) >= 11 is 0. The molecule has 0 radical (unpaired) electrons. The second-order valence-corrected chi connectivity index (χ2v) is 11.2. The maximum Gasteiger partial charge on any atom is 0.419 e. The first kappa shape index (κ1) is 32.1. The first-order valence-corrected chi connectivity index (χ1v) is 13.9. The number of hydrogen-bond donors (Lipinski definition) is 1. The number of nitrogens with zero attached hydrogens (tertiary/aromatic N) is 5. The van der Waals surface area contributed by atoms with Crippen molar-refractivity contribution in [2.45, 2.75) is 50.0 Å². The van der Waals surface area contributed by atoms with Gasteiger partial charge in [0.05, 0.1) is 41.8 Å². The van der Waals surface area contributed by atoms with Crippen LogP contribution in [0.15, 0.2) is 84.5 Å². The number of allylic oxidation sites excluding steroid dienone is 1. The second-order valence-electron chi connectivity index (χ2n) is 11.2. The van der Waals surface area contributed by atoms with E-state index >= 15 is 8.78 Å². The zero-order valence-electron chi connectivity index (χ0n) is 24.8. The van der Waals surface area contributed by atoms with Crippen LogP contribution in [0.3, 0.4) is 0 Å². The van der Waals surface area contributed by atoms with Crippen LogP contribution in [-0.2, 0) is 22.4 Å². The normalized spacial score (nSPS) is 18.3. The van der Waals surface area contributed by atoms with Gasteiger partial charge in [-0.1, -0.05) is 43.5 Å². The summed E-state index contributed by atoms with van der Waals surface area (Å²) in [5, 5.41) is 17.2. The van der Waals surface area contributed by atoms with Crippen molar-refractivity contribution in [3.63, 3.8) is 0 Å². The number of nitrogens with two attached hydrogens (primary N) is 1. The molecule has 5 rings (SSSR count). The van der Waals surface area contributed by atoms with E-state index in [0.29, 0.717) is 22.9 Å². The SMILES string of the molecule is C=CC(F)(F)Oc1ccc(-c2ccc(CN3C(=O)[C@@H](N)CC(F)(C=C)c4cc(F)c(-c5nnc(C(C)(C)C#N)o5)cc43)cc2)nc1. The molecule has 2 aromatic heterocycles. The van der Waals surface area contributed by atoms with Crippen molar-refractivity contribution in [2.24, 2.45) is 5.73 Å². The molecule has 13 heteroatoms. The summed E-state index contributed by atoms with van der Waals surface area (Å²) in [7, 11) is 0. The molecule has 0 saturated heterocycles. The Kier molecular flexibility index (Phi) is 8.27. The molecule has 1 unspecified atom stereocenters. The summed E-state index contributed by atoms with van der Waals surface area (Å²) in [4.78, 5) is 19.0. The molecule has 0 spiro atoms. The molecule has 2 aromatic carbocycles. The standard InChI is InChI=1S/C33H28F4N6O3/c1-5-32(35)15-25(39)29(44)43(27-13-22(24(34)14-23(27)32)28-41-42-30(45-28)31(3,4)18-38)17-19-7-9-20(10-8-19)26-12-11-21(16-40-26)46-33(36,37)6-2/h5-14,16,25H,1-2,15,17,39H2,3-4H3/t25-,32?/m0/s1. The molecule has 236 valence electrons.